The number of ether oxygens (including phenoxy) is 1. The lowest BCUT2D eigenvalue weighted by atomic mass is 10.1. The highest BCUT2D eigenvalue weighted by molar-refractivity contribution is 6.30. The summed E-state index contributed by atoms with van der Waals surface area (Å²) in [6.07, 6.45) is 4.45. The predicted octanol–water partition coefficient (Wildman–Crippen LogP) is 3.81. The molecule has 8 nitrogen and oxygen atoms in total. The summed E-state index contributed by atoms with van der Waals surface area (Å²) in [5.74, 6) is 1.51. The number of fused-ring (bicyclic) bond motifs is 1. The van der Waals surface area contributed by atoms with Gasteiger partial charge in [0, 0.05) is 30.4 Å². The van der Waals surface area contributed by atoms with Crippen LogP contribution in [0.15, 0.2) is 42.6 Å². The molecule has 0 radical (unpaired) electrons. The van der Waals surface area contributed by atoms with Gasteiger partial charge in [-0.1, -0.05) is 31.0 Å². The molecule has 1 fully saturated rings. The fourth-order valence-electron chi connectivity index (χ4n) is 4.04. The van der Waals surface area contributed by atoms with E-state index in [4.69, 9.17) is 16.3 Å². The molecular formula is C22H27ClN6O2. The minimum absolute atomic E-state index is 0.0288. The molecule has 1 saturated heterocycles. The zero-order chi connectivity index (χ0) is 21.8. The first-order valence-corrected chi connectivity index (χ1v) is 10.9. The highest BCUT2D eigenvalue weighted by atomic mass is 35.5. The highest BCUT2D eigenvalue weighted by Gasteiger charge is 2.27. The molecule has 1 aliphatic rings. The molecule has 2 atom stereocenters. The summed E-state index contributed by atoms with van der Waals surface area (Å²) in [4.78, 5) is 15.0. The fourth-order valence-corrected chi connectivity index (χ4v) is 4.21. The highest BCUT2D eigenvalue weighted by Crippen LogP contribution is 2.33. The number of amides is 2. The number of carbonyl (C=O) groups is 1. The van der Waals surface area contributed by atoms with E-state index in [-0.39, 0.29) is 18.1 Å². The van der Waals surface area contributed by atoms with E-state index >= 15 is 0 Å². The Kier molecular flexibility index (Phi) is 6.46. The lowest BCUT2D eigenvalue weighted by Crippen LogP contribution is -2.45. The summed E-state index contributed by atoms with van der Waals surface area (Å²) in [7, 11) is 1.65. The van der Waals surface area contributed by atoms with E-state index in [0.29, 0.717) is 11.6 Å². The van der Waals surface area contributed by atoms with E-state index < -0.39 is 0 Å². The normalized spacial score (nSPS) is 17.0. The Balaban J connectivity index is 1.41. The number of nitrogens with one attached hydrogen (secondary N) is 2. The molecule has 3 aromatic rings. The molecule has 1 aromatic carbocycles. The van der Waals surface area contributed by atoms with Gasteiger partial charge in [-0.3, -0.25) is 4.40 Å². The minimum atomic E-state index is -0.215. The number of hydrogen-bond acceptors (Lipinski definition) is 5. The van der Waals surface area contributed by atoms with Crippen molar-refractivity contribution in [1.29, 1.82) is 0 Å². The van der Waals surface area contributed by atoms with Gasteiger partial charge in [0.15, 0.2) is 11.5 Å². The monoisotopic (exact) mass is 442 g/mol. The molecule has 0 aliphatic carbocycles. The molecule has 3 heterocycles. The average Bonchev–Trinajstić information content (AvgIpc) is 3.40. The largest absolute Gasteiger partial charge is 0.495 e. The van der Waals surface area contributed by atoms with E-state index in [1.807, 2.05) is 47.0 Å². The zero-order valence-electron chi connectivity index (χ0n) is 17.7. The van der Waals surface area contributed by atoms with Crippen molar-refractivity contribution in [1.82, 2.24) is 25.2 Å². The van der Waals surface area contributed by atoms with Gasteiger partial charge < -0.3 is 20.3 Å². The van der Waals surface area contributed by atoms with Gasteiger partial charge in [0.05, 0.1) is 18.8 Å². The molecule has 1 aliphatic heterocycles. The van der Waals surface area contributed by atoms with Gasteiger partial charge in [0.25, 0.3) is 0 Å². The first-order chi connectivity index (χ1) is 15.1. The number of urea groups is 1. The number of aromatic nitrogens is 3. The second-order valence-corrected chi connectivity index (χ2v) is 8.13. The van der Waals surface area contributed by atoms with Gasteiger partial charge in [-0.15, -0.1) is 10.2 Å². The Morgan fingerprint density at radius 1 is 1.32 bits per heavy atom. The van der Waals surface area contributed by atoms with Crippen LogP contribution in [0.5, 0.6) is 5.75 Å². The second-order valence-electron chi connectivity index (χ2n) is 7.69. The number of benzene rings is 1. The van der Waals surface area contributed by atoms with Gasteiger partial charge in [-0.25, -0.2) is 4.79 Å². The van der Waals surface area contributed by atoms with Crippen molar-refractivity contribution in [3.8, 4) is 5.75 Å². The Bertz CT molecular complexity index is 1060. The van der Waals surface area contributed by atoms with Crippen LogP contribution in [0, 0.1) is 0 Å². The topological polar surface area (TPSA) is 83.8 Å². The maximum absolute atomic E-state index is 12.8. The van der Waals surface area contributed by atoms with Crippen LogP contribution < -0.4 is 20.3 Å². The summed E-state index contributed by atoms with van der Waals surface area (Å²) in [5.41, 5.74) is 1.71. The molecule has 4 rings (SSSR count). The molecule has 31 heavy (non-hydrogen) atoms. The Morgan fingerprint density at radius 3 is 3.00 bits per heavy atom. The number of halogens is 1. The zero-order valence-corrected chi connectivity index (χ0v) is 18.5. The quantitative estimate of drug-likeness (QED) is 0.581. The van der Waals surface area contributed by atoms with Crippen molar-refractivity contribution in [2.45, 2.75) is 38.3 Å². The molecular weight excluding hydrogens is 416 g/mol. The minimum Gasteiger partial charge on any atom is -0.495 e. The van der Waals surface area contributed by atoms with Crippen LogP contribution in [0.3, 0.4) is 0 Å². The standard InChI is InChI=1S/C22H27ClN6O2/c1-3-6-17(21-27-26-20-7-4-5-11-29(20)21)25-22(30)24-16-10-12-28(14-16)18-13-15(23)8-9-19(18)31-2/h4-5,7-9,11,13,16-17H,3,6,10,12,14H2,1-2H3,(H2,24,25,30). The number of carbonyl (C=O) groups excluding carboxylic acids is 1. The van der Waals surface area contributed by atoms with Gasteiger partial charge >= 0.3 is 6.03 Å². The van der Waals surface area contributed by atoms with Crippen LogP contribution in [-0.2, 0) is 0 Å². The number of nitrogens with zero attached hydrogens (tertiary/aromatic N) is 4. The molecule has 2 amide bonds. The van der Waals surface area contributed by atoms with Crippen molar-refractivity contribution in [2.24, 2.45) is 0 Å². The first kappa shape index (κ1) is 21.2. The maximum atomic E-state index is 12.8. The maximum Gasteiger partial charge on any atom is 0.315 e. The lowest BCUT2D eigenvalue weighted by molar-refractivity contribution is 0.232. The third-order valence-electron chi connectivity index (χ3n) is 5.54. The molecule has 0 bridgehead atoms. The Labute approximate surface area is 186 Å². The fraction of sp³-hybridized carbons (Fsp3) is 0.409. The second kappa shape index (κ2) is 9.43. The number of anilines is 1. The van der Waals surface area contributed by atoms with Crippen LogP contribution >= 0.6 is 11.6 Å². The van der Waals surface area contributed by atoms with Crippen molar-refractivity contribution >= 4 is 29.0 Å². The third kappa shape index (κ3) is 4.69. The Morgan fingerprint density at radius 2 is 2.19 bits per heavy atom. The van der Waals surface area contributed by atoms with Crippen molar-refractivity contribution in [2.75, 3.05) is 25.1 Å². The molecule has 2 unspecified atom stereocenters. The van der Waals surface area contributed by atoms with E-state index in [1.54, 1.807) is 7.11 Å². The van der Waals surface area contributed by atoms with Crippen molar-refractivity contribution < 1.29 is 9.53 Å². The first-order valence-electron chi connectivity index (χ1n) is 10.5. The van der Waals surface area contributed by atoms with E-state index in [9.17, 15) is 4.79 Å². The van der Waals surface area contributed by atoms with E-state index in [0.717, 1.165) is 48.7 Å². The van der Waals surface area contributed by atoms with E-state index in [1.165, 1.54) is 0 Å². The van der Waals surface area contributed by atoms with Crippen LogP contribution in [0.25, 0.3) is 5.65 Å². The molecule has 0 saturated carbocycles. The SMILES string of the molecule is CCCC(NC(=O)NC1CCN(c2cc(Cl)ccc2OC)C1)c1nnc2ccccn12. The van der Waals surface area contributed by atoms with Crippen LogP contribution in [-0.4, -0.2) is 46.9 Å². The van der Waals surface area contributed by atoms with Crippen LogP contribution in [0.2, 0.25) is 5.02 Å². The Hall–Kier alpha value is -3.00. The summed E-state index contributed by atoms with van der Waals surface area (Å²) in [6, 6.07) is 10.9. The number of rotatable bonds is 7. The number of methoxy groups -OCH3 is 1. The summed E-state index contributed by atoms with van der Waals surface area (Å²) < 4.78 is 7.39. The molecule has 164 valence electrons. The molecule has 0 spiro atoms. The van der Waals surface area contributed by atoms with Crippen molar-refractivity contribution in [3.05, 3.63) is 53.4 Å². The van der Waals surface area contributed by atoms with Gasteiger partial charge in [-0.2, -0.15) is 0 Å². The number of hydrogen-bond donors (Lipinski definition) is 2. The predicted molar refractivity (Wildman–Crippen MR) is 121 cm³/mol. The third-order valence-corrected chi connectivity index (χ3v) is 5.77. The van der Waals surface area contributed by atoms with Gasteiger partial charge in [-0.05, 0) is 43.2 Å². The summed E-state index contributed by atoms with van der Waals surface area (Å²) in [5, 5.41) is 15.4. The van der Waals surface area contributed by atoms with E-state index in [2.05, 4.69) is 32.7 Å². The lowest BCUT2D eigenvalue weighted by Gasteiger charge is -2.22. The summed E-state index contributed by atoms with van der Waals surface area (Å²) in [6.45, 7) is 3.59. The van der Waals surface area contributed by atoms with Crippen molar-refractivity contribution in [3.63, 3.8) is 0 Å². The molecule has 9 heteroatoms. The number of pyridine rings is 1. The average molecular weight is 443 g/mol. The summed E-state index contributed by atoms with van der Waals surface area (Å²) >= 11 is 6.18. The molecule has 2 N–H and O–H groups in total. The van der Waals surface area contributed by atoms with Gasteiger partial charge in [0.2, 0.25) is 0 Å². The van der Waals surface area contributed by atoms with Crippen LogP contribution in [0.4, 0.5) is 10.5 Å². The van der Waals surface area contributed by atoms with Crippen LogP contribution in [0.1, 0.15) is 38.1 Å². The smallest absolute Gasteiger partial charge is 0.315 e. The van der Waals surface area contributed by atoms with Gasteiger partial charge in [0.1, 0.15) is 5.75 Å². The molecule has 2 aromatic heterocycles.